The summed E-state index contributed by atoms with van der Waals surface area (Å²) in [7, 11) is 0. The number of halogens is 3. The van der Waals surface area contributed by atoms with Gasteiger partial charge in [-0.3, -0.25) is 4.79 Å². The monoisotopic (exact) mass is 326 g/mol. The summed E-state index contributed by atoms with van der Waals surface area (Å²) >= 11 is 0.446. The molecule has 0 fully saturated rings. The third kappa shape index (κ3) is 5.33. The summed E-state index contributed by atoms with van der Waals surface area (Å²) in [5.74, 6) is -3.12. The van der Waals surface area contributed by atoms with E-state index < -0.39 is 5.76 Å². The molecule has 0 radical (unpaired) electrons. The van der Waals surface area contributed by atoms with Crippen LogP contribution in [-0.2, 0) is 4.79 Å². The van der Waals surface area contributed by atoms with Gasteiger partial charge < -0.3 is 10.6 Å². The molecule has 0 aliphatic rings. The van der Waals surface area contributed by atoms with Gasteiger partial charge in [-0.05, 0) is 48.5 Å². The van der Waals surface area contributed by atoms with E-state index >= 15 is 0 Å². The van der Waals surface area contributed by atoms with Gasteiger partial charge in [0.05, 0.1) is 6.54 Å². The highest BCUT2D eigenvalue weighted by Gasteiger charge is 2.06. The van der Waals surface area contributed by atoms with Crippen LogP contribution in [0.15, 0.2) is 53.4 Å². The smallest absolute Gasteiger partial charge is 0.288 e. The Balaban J connectivity index is 1.82. The topological polar surface area (TPSA) is 41.1 Å². The molecule has 0 heterocycles. The van der Waals surface area contributed by atoms with Crippen LogP contribution in [0.3, 0.4) is 0 Å². The van der Waals surface area contributed by atoms with Gasteiger partial charge in [0.1, 0.15) is 5.82 Å². The number of alkyl halides is 2. The molecule has 0 aliphatic heterocycles. The van der Waals surface area contributed by atoms with Gasteiger partial charge in [0.2, 0.25) is 5.91 Å². The van der Waals surface area contributed by atoms with Crippen molar-refractivity contribution in [1.82, 2.24) is 0 Å². The summed E-state index contributed by atoms with van der Waals surface area (Å²) < 4.78 is 37.1. The molecular weight excluding hydrogens is 313 g/mol. The van der Waals surface area contributed by atoms with E-state index in [1.54, 1.807) is 12.1 Å². The van der Waals surface area contributed by atoms with Gasteiger partial charge >= 0.3 is 0 Å². The van der Waals surface area contributed by atoms with E-state index in [2.05, 4.69) is 10.6 Å². The first-order valence-electron chi connectivity index (χ1n) is 6.37. The number of amides is 1. The molecule has 3 nitrogen and oxygen atoms in total. The number of hydrogen-bond acceptors (Lipinski definition) is 3. The summed E-state index contributed by atoms with van der Waals surface area (Å²) in [5, 5.41) is 5.48. The molecule has 0 bridgehead atoms. The third-order valence-electron chi connectivity index (χ3n) is 2.66. The summed E-state index contributed by atoms with van der Waals surface area (Å²) in [6.45, 7) is 0.0131. The van der Waals surface area contributed by atoms with Crippen molar-refractivity contribution in [3.05, 3.63) is 54.3 Å². The normalized spacial score (nSPS) is 10.5. The number of benzene rings is 2. The first kappa shape index (κ1) is 16.2. The van der Waals surface area contributed by atoms with Crippen LogP contribution < -0.4 is 10.6 Å². The maximum absolute atomic E-state index is 12.7. The Kier molecular flexibility index (Phi) is 5.71. The quantitative estimate of drug-likeness (QED) is 0.782. The van der Waals surface area contributed by atoms with Crippen LogP contribution in [0.5, 0.6) is 0 Å². The van der Waals surface area contributed by atoms with Crippen molar-refractivity contribution in [2.45, 2.75) is 10.7 Å². The fourth-order valence-corrected chi connectivity index (χ4v) is 2.17. The average Bonchev–Trinajstić information content (AvgIpc) is 2.48. The Morgan fingerprint density at radius 2 is 1.59 bits per heavy atom. The molecule has 0 spiro atoms. The Morgan fingerprint density at radius 1 is 1.00 bits per heavy atom. The number of thioether (sulfide) groups is 1. The van der Waals surface area contributed by atoms with Crippen molar-refractivity contribution < 1.29 is 18.0 Å². The van der Waals surface area contributed by atoms with Gasteiger partial charge in [-0.2, -0.15) is 8.78 Å². The number of carbonyl (C=O) groups is 1. The zero-order valence-electron chi connectivity index (χ0n) is 11.4. The molecule has 0 saturated heterocycles. The lowest BCUT2D eigenvalue weighted by Gasteiger charge is -2.08. The fraction of sp³-hybridized carbons (Fsp3) is 0.133. The van der Waals surface area contributed by atoms with Gasteiger partial charge in [0.15, 0.2) is 0 Å². The maximum Gasteiger partial charge on any atom is 0.288 e. The van der Waals surface area contributed by atoms with Crippen LogP contribution in [0.1, 0.15) is 0 Å². The second kappa shape index (κ2) is 7.74. The number of carbonyl (C=O) groups excluding carboxylic acids is 1. The molecule has 2 rings (SSSR count). The molecule has 1 amide bonds. The molecule has 2 aromatic carbocycles. The van der Waals surface area contributed by atoms with Crippen molar-refractivity contribution in [3.63, 3.8) is 0 Å². The Bertz CT molecular complexity index is 618. The lowest BCUT2D eigenvalue weighted by molar-refractivity contribution is -0.114. The van der Waals surface area contributed by atoms with Crippen LogP contribution in [0, 0.1) is 5.82 Å². The largest absolute Gasteiger partial charge is 0.376 e. The van der Waals surface area contributed by atoms with E-state index in [4.69, 9.17) is 0 Å². The second-order valence-electron chi connectivity index (χ2n) is 4.31. The first-order valence-corrected chi connectivity index (χ1v) is 7.25. The molecule has 0 aliphatic carbocycles. The SMILES string of the molecule is O=C(CNc1ccc(F)cc1)Nc1ccc(SC(F)F)cc1. The Hall–Kier alpha value is -2.15. The van der Waals surface area contributed by atoms with Gasteiger partial charge in [-0.1, -0.05) is 11.8 Å². The van der Waals surface area contributed by atoms with E-state index in [1.165, 1.54) is 36.4 Å². The lowest BCUT2D eigenvalue weighted by Crippen LogP contribution is -2.21. The van der Waals surface area contributed by atoms with Gasteiger partial charge in [-0.25, -0.2) is 4.39 Å². The van der Waals surface area contributed by atoms with E-state index in [9.17, 15) is 18.0 Å². The molecule has 0 aromatic heterocycles. The van der Waals surface area contributed by atoms with Crippen LogP contribution in [0.25, 0.3) is 0 Å². The average molecular weight is 326 g/mol. The van der Waals surface area contributed by atoms with E-state index in [1.807, 2.05) is 0 Å². The van der Waals surface area contributed by atoms with Crippen molar-refractivity contribution in [3.8, 4) is 0 Å². The fourth-order valence-electron chi connectivity index (χ4n) is 1.67. The van der Waals surface area contributed by atoms with Crippen LogP contribution in [0.4, 0.5) is 24.5 Å². The minimum absolute atomic E-state index is 0.0131. The van der Waals surface area contributed by atoms with Gasteiger partial charge in [0, 0.05) is 16.3 Å². The Morgan fingerprint density at radius 3 is 2.18 bits per heavy atom. The molecule has 22 heavy (non-hydrogen) atoms. The number of hydrogen-bond donors (Lipinski definition) is 2. The molecule has 0 saturated carbocycles. The first-order chi connectivity index (χ1) is 10.5. The molecule has 0 unspecified atom stereocenters. The van der Waals surface area contributed by atoms with E-state index in [0.29, 0.717) is 28.0 Å². The molecular formula is C15H13F3N2OS. The number of anilines is 2. The minimum atomic E-state index is -2.47. The Labute approximate surface area is 129 Å². The van der Waals surface area contributed by atoms with Gasteiger partial charge in [0.25, 0.3) is 5.76 Å². The van der Waals surface area contributed by atoms with Crippen LogP contribution in [0.2, 0.25) is 0 Å². The summed E-state index contributed by atoms with van der Waals surface area (Å²) in [4.78, 5) is 12.2. The molecule has 7 heteroatoms. The number of rotatable bonds is 6. The standard InChI is InChI=1S/C15H13F3N2OS/c16-10-1-3-11(4-2-10)19-9-14(21)20-12-5-7-13(8-6-12)22-15(17)18/h1-8,15,19H,9H2,(H,20,21). The summed E-state index contributed by atoms with van der Waals surface area (Å²) in [5.41, 5.74) is 1.14. The minimum Gasteiger partial charge on any atom is -0.376 e. The predicted molar refractivity (Wildman–Crippen MR) is 81.8 cm³/mol. The maximum atomic E-state index is 12.7. The van der Waals surface area contributed by atoms with Crippen molar-refractivity contribution in [2.24, 2.45) is 0 Å². The molecule has 2 aromatic rings. The van der Waals surface area contributed by atoms with Crippen molar-refractivity contribution >= 4 is 29.0 Å². The zero-order chi connectivity index (χ0) is 15.9. The molecule has 2 N–H and O–H groups in total. The van der Waals surface area contributed by atoms with Crippen molar-refractivity contribution in [1.29, 1.82) is 0 Å². The highest BCUT2D eigenvalue weighted by molar-refractivity contribution is 7.99. The van der Waals surface area contributed by atoms with Crippen LogP contribution >= 0.6 is 11.8 Å². The van der Waals surface area contributed by atoms with Crippen molar-refractivity contribution in [2.75, 3.05) is 17.2 Å². The highest BCUT2D eigenvalue weighted by Crippen LogP contribution is 2.26. The number of nitrogens with one attached hydrogen (secondary N) is 2. The second-order valence-corrected chi connectivity index (χ2v) is 5.37. The summed E-state index contributed by atoms with van der Waals surface area (Å²) in [6.07, 6.45) is 0. The van der Waals surface area contributed by atoms with E-state index in [-0.39, 0.29) is 18.3 Å². The zero-order valence-corrected chi connectivity index (χ0v) is 12.2. The highest BCUT2D eigenvalue weighted by atomic mass is 32.2. The predicted octanol–water partition coefficient (Wildman–Crippen LogP) is 4.19. The molecule has 0 atom stereocenters. The van der Waals surface area contributed by atoms with Gasteiger partial charge in [-0.15, -0.1) is 0 Å². The third-order valence-corrected chi connectivity index (χ3v) is 3.38. The lowest BCUT2D eigenvalue weighted by atomic mass is 10.3. The summed E-state index contributed by atoms with van der Waals surface area (Å²) in [6, 6.07) is 11.8. The van der Waals surface area contributed by atoms with E-state index in [0.717, 1.165) is 0 Å². The van der Waals surface area contributed by atoms with Crippen LogP contribution in [-0.4, -0.2) is 18.2 Å². The molecule has 116 valence electrons.